The molecule has 0 atom stereocenters. The summed E-state index contributed by atoms with van der Waals surface area (Å²) in [6.07, 6.45) is 3.12. The van der Waals surface area contributed by atoms with Crippen molar-refractivity contribution < 1.29 is 19.1 Å². The highest BCUT2D eigenvalue weighted by Crippen LogP contribution is 2.24. The molecule has 0 heterocycles. The van der Waals surface area contributed by atoms with Crippen LogP contribution >= 0.6 is 15.9 Å². The number of hydrogen-bond donors (Lipinski definition) is 1. The Labute approximate surface area is 173 Å². The number of benzene rings is 2. The third-order valence-electron chi connectivity index (χ3n) is 4.00. The average molecular weight is 447 g/mol. The summed E-state index contributed by atoms with van der Waals surface area (Å²) in [4.78, 5) is 26.2. The van der Waals surface area contributed by atoms with Crippen LogP contribution in [-0.4, -0.2) is 44.0 Å². The van der Waals surface area contributed by atoms with Crippen LogP contribution in [0.1, 0.15) is 12.5 Å². The molecule has 2 rings (SSSR count). The van der Waals surface area contributed by atoms with Crippen LogP contribution < -0.4 is 14.8 Å². The Bertz CT molecular complexity index is 850. The molecule has 0 radical (unpaired) electrons. The van der Waals surface area contributed by atoms with E-state index in [0.717, 1.165) is 10.0 Å². The molecule has 0 bridgehead atoms. The van der Waals surface area contributed by atoms with Crippen LogP contribution in [0, 0.1) is 0 Å². The minimum Gasteiger partial charge on any atom is -0.497 e. The number of halogens is 1. The second-order valence-electron chi connectivity index (χ2n) is 5.85. The molecule has 0 aromatic heterocycles. The fraction of sp³-hybridized carbons (Fsp3) is 0.238. The van der Waals surface area contributed by atoms with Gasteiger partial charge in [-0.05, 0) is 55.5 Å². The van der Waals surface area contributed by atoms with Gasteiger partial charge in [0.15, 0.2) is 0 Å². The third kappa shape index (κ3) is 6.13. The first-order valence-corrected chi connectivity index (χ1v) is 9.50. The molecule has 0 aliphatic heterocycles. The molecule has 2 aromatic rings. The van der Waals surface area contributed by atoms with E-state index in [1.54, 1.807) is 44.6 Å². The number of nitrogens with one attached hydrogen (secondary N) is 1. The quantitative estimate of drug-likeness (QED) is 0.622. The lowest BCUT2D eigenvalue weighted by molar-refractivity contribution is -0.130. The Balaban J connectivity index is 2.00. The van der Waals surface area contributed by atoms with E-state index in [9.17, 15) is 9.59 Å². The van der Waals surface area contributed by atoms with Crippen molar-refractivity contribution >= 4 is 39.5 Å². The van der Waals surface area contributed by atoms with Gasteiger partial charge in [-0.2, -0.15) is 0 Å². The number of ether oxygens (including phenoxy) is 2. The molecule has 0 aliphatic rings. The van der Waals surface area contributed by atoms with E-state index in [1.807, 2.05) is 25.1 Å². The van der Waals surface area contributed by atoms with Gasteiger partial charge in [0.2, 0.25) is 11.8 Å². The molecule has 0 spiro atoms. The lowest BCUT2D eigenvalue weighted by Gasteiger charge is -2.18. The van der Waals surface area contributed by atoms with Crippen molar-refractivity contribution in [1.82, 2.24) is 4.90 Å². The lowest BCUT2D eigenvalue weighted by Crippen LogP contribution is -2.36. The van der Waals surface area contributed by atoms with Gasteiger partial charge >= 0.3 is 0 Å². The maximum atomic E-state index is 12.5. The van der Waals surface area contributed by atoms with Gasteiger partial charge < -0.3 is 19.7 Å². The van der Waals surface area contributed by atoms with Crippen molar-refractivity contribution in [2.75, 3.05) is 32.6 Å². The van der Waals surface area contributed by atoms with Gasteiger partial charge in [0.1, 0.15) is 18.0 Å². The summed E-state index contributed by atoms with van der Waals surface area (Å²) in [5.74, 6) is 0.840. The van der Waals surface area contributed by atoms with E-state index in [4.69, 9.17) is 9.47 Å². The molecule has 28 heavy (non-hydrogen) atoms. The van der Waals surface area contributed by atoms with Crippen LogP contribution in [0.2, 0.25) is 0 Å². The largest absolute Gasteiger partial charge is 0.497 e. The average Bonchev–Trinajstić information content (AvgIpc) is 2.70. The number of likely N-dealkylation sites (N-methyl/N-ethyl adjacent to an activating group) is 1. The van der Waals surface area contributed by atoms with Crippen LogP contribution in [0.25, 0.3) is 6.08 Å². The number of hydrogen-bond acceptors (Lipinski definition) is 4. The fourth-order valence-corrected chi connectivity index (χ4v) is 2.87. The molecule has 0 saturated carbocycles. The van der Waals surface area contributed by atoms with E-state index in [-0.39, 0.29) is 18.4 Å². The van der Waals surface area contributed by atoms with E-state index in [2.05, 4.69) is 21.2 Å². The first-order valence-electron chi connectivity index (χ1n) is 8.71. The predicted octanol–water partition coefficient (Wildman–Crippen LogP) is 3.97. The Hall–Kier alpha value is -2.80. The van der Waals surface area contributed by atoms with E-state index in [0.29, 0.717) is 23.7 Å². The summed E-state index contributed by atoms with van der Waals surface area (Å²) >= 11 is 3.40. The van der Waals surface area contributed by atoms with Gasteiger partial charge in [-0.1, -0.05) is 15.9 Å². The smallest absolute Gasteiger partial charge is 0.247 e. The van der Waals surface area contributed by atoms with E-state index >= 15 is 0 Å². The Kier molecular flexibility index (Phi) is 8.07. The van der Waals surface area contributed by atoms with E-state index in [1.165, 1.54) is 11.0 Å². The number of carbonyl (C=O) groups is 2. The summed E-state index contributed by atoms with van der Waals surface area (Å²) in [5.41, 5.74) is 1.41. The van der Waals surface area contributed by atoms with Crippen molar-refractivity contribution in [3.63, 3.8) is 0 Å². The molecule has 7 heteroatoms. The molecule has 148 valence electrons. The predicted molar refractivity (Wildman–Crippen MR) is 114 cm³/mol. The molecule has 0 unspecified atom stereocenters. The highest BCUT2D eigenvalue weighted by Gasteiger charge is 2.14. The zero-order valence-corrected chi connectivity index (χ0v) is 17.7. The molecular weight excluding hydrogens is 424 g/mol. The molecule has 0 saturated heterocycles. The second-order valence-corrected chi connectivity index (χ2v) is 6.76. The van der Waals surface area contributed by atoms with Crippen molar-refractivity contribution in [2.45, 2.75) is 6.92 Å². The van der Waals surface area contributed by atoms with Crippen molar-refractivity contribution in [1.29, 1.82) is 0 Å². The molecule has 0 aliphatic carbocycles. The summed E-state index contributed by atoms with van der Waals surface area (Å²) < 4.78 is 11.3. The minimum absolute atomic E-state index is 0.0404. The van der Waals surface area contributed by atoms with Crippen molar-refractivity contribution in [3.8, 4) is 11.5 Å². The van der Waals surface area contributed by atoms with Gasteiger partial charge in [-0.15, -0.1) is 0 Å². The number of anilines is 1. The fourth-order valence-electron chi connectivity index (χ4n) is 2.50. The SMILES string of the molecule is CCN(CC(=O)Nc1ccc(OC)cc1)C(=O)/C=C/c1cc(Br)ccc1OC. The summed E-state index contributed by atoms with van der Waals surface area (Å²) in [6, 6.07) is 12.5. The first kappa shape index (κ1) is 21.5. The van der Waals surface area contributed by atoms with Crippen molar-refractivity contribution in [2.24, 2.45) is 0 Å². The lowest BCUT2D eigenvalue weighted by atomic mass is 10.2. The van der Waals surface area contributed by atoms with Gasteiger partial charge in [-0.25, -0.2) is 0 Å². The molecule has 1 N–H and O–H groups in total. The van der Waals surface area contributed by atoms with Crippen LogP contribution in [0.15, 0.2) is 53.0 Å². The third-order valence-corrected chi connectivity index (χ3v) is 4.49. The normalized spacial score (nSPS) is 10.6. The number of rotatable bonds is 8. The Morgan fingerprint density at radius 1 is 1.11 bits per heavy atom. The Morgan fingerprint density at radius 2 is 1.82 bits per heavy atom. The van der Waals surface area contributed by atoms with Gasteiger partial charge in [0.25, 0.3) is 0 Å². The summed E-state index contributed by atoms with van der Waals surface area (Å²) in [6.45, 7) is 2.20. The van der Waals surface area contributed by atoms with Crippen LogP contribution in [0.3, 0.4) is 0 Å². The molecular formula is C21H23BrN2O4. The molecule has 6 nitrogen and oxygen atoms in total. The standard InChI is InChI=1S/C21H23BrN2O4/c1-4-24(14-20(25)23-17-7-9-18(27-2)10-8-17)21(26)12-5-15-13-16(22)6-11-19(15)28-3/h5-13H,4,14H2,1-3H3,(H,23,25)/b12-5+. The summed E-state index contributed by atoms with van der Waals surface area (Å²) in [5, 5.41) is 2.77. The van der Waals surface area contributed by atoms with Gasteiger partial charge in [0, 0.05) is 28.3 Å². The minimum atomic E-state index is -0.270. The molecule has 2 aromatic carbocycles. The first-order chi connectivity index (χ1) is 13.5. The second kappa shape index (κ2) is 10.5. The van der Waals surface area contributed by atoms with Crippen LogP contribution in [0.5, 0.6) is 11.5 Å². The van der Waals surface area contributed by atoms with Crippen LogP contribution in [0.4, 0.5) is 5.69 Å². The number of nitrogens with zero attached hydrogens (tertiary/aromatic N) is 1. The maximum absolute atomic E-state index is 12.5. The zero-order valence-electron chi connectivity index (χ0n) is 16.1. The zero-order chi connectivity index (χ0) is 20.5. The highest BCUT2D eigenvalue weighted by molar-refractivity contribution is 9.10. The summed E-state index contributed by atoms with van der Waals surface area (Å²) in [7, 11) is 3.15. The van der Waals surface area contributed by atoms with Gasteiger partial charge in [0.05, 0.1) is 14.2 Å². The van der Waals surface area contributed by atoms with Crippen molar-refractivity contribution in [3.05, 3.63) is 58.6 Å². The molecule has 2 amide bonds. The highest BCUT2D eigenvalue weighted by atomic mass is 79.9. The monoisotopic (exact) mass is 446 g/mol. The van der Waals surface area contributed by atoms with E-state index < -0.39 is 0 Å². The number of amides is 2. The number of carbonyl (C=O) groups excluding carboxylic acids is 2. The topological polar surface area (TPSA) is 67.9 Å². The molecule has 0 fully saturated rings. The Morgan fingerprint density at radius 3 is 2.43 bits per heavy atom. The number of methoxy groups -OCH3 is 2. The van der Waals surface area contributed by atoms with Gasteiger partial charge in [-0.3, -0.25) is 9.59 Å². The maximum Gasteiger partial charge on any atom is 0.247 e. The van der Waals surface area contributed by atoms with Crippen LogP contribution in [-0.2, 0) is 9.59 Å².